The topological polar surface area (TPSA) is 35.5 Å². The molecule has 1 saturated heterocycles. The van der Waals surface area contributed by atoms with Gasteiger partial charge in [0, 0.05) is 19.6 Å². The van der Waals surface area contributed by atoms with Gasteiger partial charge in [0.1, 0.15) is 0 Å². The maximum Gasteiger partial charge on any atom is 0.0909 e. The summed E-state index contributed by atoms with van der Waals surface area (Å²) in [5, 5.41) is 13.1. The molecule has 0 bridgehead atoms. The summed E-state index contributed by atoms with van der Waals surface area (Å²) in [5.74, 6) is 0. The third-order valence-electron chi connectivity index (χ3n) is 2.46. The van der Waals surface area contributed by atoms with Gasteiger partial charge in [-0.1, -0.05) is 0 Å². The highest BCUT2D eigenvalue weighted by molar-refractivity contribution is 4.89. The fourth-order valence-corrected chi connectivity index (χ4v) is 1.78. The van der Waals surface area contributed by atoms with Crippen LogP contribution in [0.5, 0.6) is 0 Å². The van der Waals surface area contributed by atoms with E-state index < -0.39 is 5.60 Å². The molecule has 0 spiro atoms. The normalized spacial score (nSPS) is 28.6. The van der Waals surface area contributed by atoms with E-state index in [9.17, 15) is 9.50 Å². The van der Waals surface area contributed by atoms with E-state index in [2.05, 4.69) is 5.32 Å². The van der Waals surface area contributed by atoms with E-state index in [0.29, 0.717) is 19.5 Å². The maximum absolute atomic E-state index is 11.9. The molecule has 1 heterocycles. The van der Waals surface area contributed by atoms with Crippen molar-refractivity contribution in [2.45, 2.75) is 18.4 Å². The first-order valence-electron chi connectivity index (χ1n) is 4.84. The van der Waals surface area contributed by atoms with E-state index in [1.807, 2.05) is 11.9 Å². The highest BCUT2D eigenvalue weighted by Gasteiger charge is 2.31. The zero-order valence-corrected chi connectivity index (χ0v) is 8.22. The van der Waals surface area contributed by atoms with E-state index in [-0.39, 0.29) is 6.67 Å². The molecule has 0 radical (unpaired) electrons. The Labute approximate surface area is 78.9 Å². The Bertz CT molecular complexity index is 149. The number of nitrogens with one attached hydrogen (secondary N) is 1. The summed E-state index contributed by atoms with van der Waals surface area (Å²) in [4.78, 5) is 1.99. The first-order chi connectivity index (χ1) is 6.16. The first-order valence-corrected chi connectivity index (χ1v) is 4.84. The molecule has 0 aromatic carbocycles. The average molecular weight is 190 g/mol. The first kappa shape index (κ1) is 10.9. The molecule has 1 rings (SSSR count). The van der Waals surface area contributed by atoms with Gasteiger partial charge in [-0.15, -0.1) is 0 Å². The van der Waals surface area contributed by atoms with Crippen LogP contribution < -0.4 is 5.32 Å². The molecule has 0 aromatic heterocycles. The number of rotatable bonds is 5. The zero-order valence-electron chi connectivity index (χ0n) is 8.22. The molecule has 3 nitrogen and oxygen atoms in total. The number of hydrogen-bond donors (Lipinski definition) is 2. The van der Waals surface area contributed by atoms with Gasteiger partial charge in [0.25, 0.3) is 0 Å². The fourth-order valence-electron chi connectivity index (χ4n) is 1.78. The van der Waals surface area contributed by atoms with E-state index in [1.54, 1.807) is 0 Å². The Morgan fingerprint density at radius 3 is 2.92 bits per heavy atom. The van der Waals surface area contributed by atoms with Crippen molar-refractivity contribution in [3.8, 4) is 0 Å². The lowest BCUT2D eigenvalue weighted by atomic mass is 10.0. The van der Waals surface area contributed by atoms with Crippen LogP contribution in [0.15, 0.2) is 0 Å². The fraction of sp³-hybridized carbons (Fsp3) is 1.00. The Kier molecular flexibility index (Phi) is 4.09. The van der Waals surface area contributed by atoms with E-state index in [0.717, 1.165) is 19.5 Å². The quantitative estimate of drug-likeness (QED) is 0.640. The lowest BCUT2D eigenvalue weighted by Gasteiger charge is -2.27. The maximum atomic E-state index is 11.9. The van der Waals surface area contributed by atoms with Crippen LogP contribution in [0.3, 0.4) is 0 Å². The Hall–Kier alpha value is -0.190. The monoisotopic (exact) mass is 190 g/mol. The van der Waals surface area contributed by atoms with E-state index in [1.165, 1.54) is 0 Å². The van der Waals surface area contributed by atoms with Crippen LogP contribution in [0.1, 0.15) is 12.8 Å². The molecule has 2 N–H and O–H groups in total. The molecular weight excluding hydrogens is 171 g/mol. The van der Waals surface area contributed by atoms with Crippen molar-refractivity contribution >= 4 is 0 Å². The smallest absolute Gasteiger partial charge is 0.0909 e. The minimum absolute atomic E-state index is 0.277. The highest BCUT2D eigenvalue weighted by Crippen LogP contribution is 2.15. The van der Waals surface area contributed by atoms with Gasteiger partial charge in [0.2, 0.25) is 0 Å². The molecule has 1 atom stereocenters. The van der Waals surface area contributed by atoms with Gasteiger partial charge in [0.05, 0.1) is 12.3 Å². The van der Waals surface area contributed by atoms with Gasteiger partial charge in [-0.3, -0.25) is 4.39 Å². The molecule has 1 fully saturated rings. The third-order valence-corrected chi connectivity index (χ3v) is 2.46. The lowest BCUT2D eigenvalue weighted by Crippen LogP contribution is -2.43. The second-order valence-electron chi connectivity index (χ2n) is 3.93. The lowest BCUT2D eigenvalue weighted by molar-refractivity contribution is 0.0277. The molecule has 1 unspecified atom stereocenters. The van der Waals surface area contributed by atoms with Gasteiger partial charge in [-0.25, -0.2) is 0 Å². The second kappa shape index (κ2) is 4.88. The van der Waals surface area contributed by atoms with Crippen molar-refractivity contribution in [2.75, 3.05) is 39.9 Å². The number of nitrogens with zero attached hydrogens (tertiary/aromatic N) is 1. The molecular formula is C9H19FN2O. The standard InChI is InChI=1S/C9H19FN2O/c1-12(6-2-4-10)8-9(13)3-5-11-7-9/h11,13H,2-8H2,1H3. The average Bonchev–Trinajstić information content (AvgIpc) is 2.48. The van der Waals surface area contributed by atoms with Gasteiger partial charge in [-0.05, 0) is 26.4 Å². The van der Waals surface area contributed by atoms with Crippen LogP contribution in [-0.2, 0) is 0 Å². The SMILES string of the molecule is CN(CCCF)CC1(O)CCNC1. The number of aliphatic hydroxyl groups is 1. The van der Waals surface area contributed by atoms with Crippen LogP contribution in [-0.4, -0.2) is 55.5 Å². The van der Waals surface area contributed by atoms with Crippen molar-refractivity contribution in [2.24, 2.45) is 0 Å². The van der Waals surface area contributed by atoms with Crippen LogP contribution in [0.2, 0.25) is 0 Å². The zero-order chi connectivity index (χ0) is 9.73. The van der Waals surface area contributed by atoms with Crippen LogP contribution in [0.4, 0.5) is 4.39 Å². The minimum Gasteiger partial charge on any atom is -0.387 e. The molecule has 0 saturated carbocycles. The number of likely N-dealkylation sites (N-methyl/N-ethyl adjacent to an activating group) is 1. The number of β-amino-alcohol motifs (C(OH)–C–C–N with tert-alkyl or cyclic N) is 1. The van der Waals surface area contributed by atoms with Crippen LogP contribution in [0, 0.1) is 0 Å². The molecule has 0 aliphatic carbocycles. The summed E-state index contributed by atoms with van der Waals surface area (Å²) >= 11 is 0. The number of halogens is 1. The summed E-state index contributed by atoms with van der Waals surface area (Å²) in [6.07, 6.45) is 1.35. The van der Waals surface area contributed by atoms with Gasteiger partial charge in [-0.2, -0.15) is 0 Å². The molecule has 4 heteroatoms. The third kappa shape index (κ3) is 3.58. The van der Waals surface area contributed by atoms with Crippen molar-refractivity contribution < 1.29 is 9.50 Å². The molecule has 0 amide bonds. The molecule has 1 aliphatic rings. The van der Waals surface area contributed by atoms with Crippen molar-refractivity contribution in [3.63, 3.8) is 0 Å². The number of alkyl halides is 1. The predicted molar refractivity (Wildman–Crippen MR) is 50.5 cm³/mol. The molecule has 13 heavy (non-hydrogen) atoms. The van der Waals surface area contributed by atoms with Crippen LogP contribution in [0.25, 0.3) is 0 Å². The van der Waals surface area contributed by atoms with Crippen molar-refractivity contribution in [1.82, 2.24) is 10.2 Å². The summed E-state index contributed by atoms with van der Waals surface area (Å²) in [6, 6.07) is 0. The van der Waals surface area contributed by atoms with Gasteiger partial charge < -0.3 is 15.3 Å². The Balaban J connectivity index is 2.21. The van der Waals surface area contributed by atoms with E-state index >= 15 is 0 Å². The Morgan fingerprint density at radius 1 is 1.62 bits per heavy atom. The minimum atomic E-state index is -0.592. The molecule has 0 aromatic rings. The molecule has 78 valence electrons. The Morgan fingerprint density at radius 2 is 2.38 bits per heavy atom. The predicted octanol–water partition coefficient (Wildman–Crippen LogP) is 0.00220. The van der Waals surface area contributed by atoms with Gasteiger partial charge in [0.15, 0.2) is 0 Å². The van der Waals surface area contributed by atoms with Crippen molar-refractivity contribution in [3.05, 3.63) is 0 Å². The largest absolute Gasteiger partial charge is 0.387 e. The number of hydrogen-bond acceptors (Lipinski definition) is 3. The van der Waals surface area contributed by atoms with Gasteiger partial charge >= 0.3 is 0 Å². The summed E-state index contributed by atoms with van der Waals surface area (Å²) in [5.41, 5.74) is -0.592. The van der Waals surface area contributed by atoms with Crippen LogP contribution >= 0.6 is 0 Å². The molecule has 1 aliphatic heterocycles. The van der Waals surface area contributed by atoms with Crippen molar-refractivity contribution in [1.29, 1.82) is 0 Å². The second-order valence-corrected chi connectivity index (χ2v) is 3.93. The summed E-state index contributed by atoms with van der Waals surface area (Å²) in [6.45, 7) is 2.63. The van der Waals surface area contributed by atoms with E-state index in [4.69, 9.17) is 0 Å². The highest BCUT2D eigenvalue weighted by atomic mass is 19.1. The summed E-state index contributed by atoms with van der Waals surface area (Å²) < 4.78 is 11.9. The summed E-state index contributed by atoms with van der Waals surface area (Å²) in [7, 11) is 1.92.